The molecule has 0 aromatic heterocycles. The second kappa shape index (κ2) is 9.40. The molecule has 0 fully saturated rings. The van der Waals surface area contributed by atoms with Crippen LogP contribution in [0.2, 0.25) is 0 Å². The van der Waals surface area contributed by atoms with Gasteiger partial charge in [-0.1, -0.05) is 56.7 Å². The third-order valence-electron chi connectivity index (χ3n) is 5.06. The van der Waals surface area contributed by atoms with E-state index in [0.717, 1.165) is 16.8 Å². The maximum Gasteiger partial charge on any atom is 0.171 e. The zero-order valence-electron chi connectivity index (χ0n) is 18.7. The van der Waals surface area contributed by atoms with Crippen LogP contribution in [-0.4, -0.2) is 11.7 Å². The highest BCUT2D eigenvalue weighted by Crippen LogP contribution is 2.37. The van der Waals surface area contributed by atoms with E-state index in [2.05, 4.69) is 68.7 Å². The van der Waals surface area contributed by atoms with Crippen molar-refractivity contribution in [3.63, 3.8) is 0 Å². The van der Waals surface area contributed by atoms with Crippen molar-refractivity contribution in [2.24, 2.45) is 5.41 Å². The van der Waals surface area contributed by atoms with Crippen LogP contribution in [0, 0.1) is 23.7 Å². The monoisotopic (exact) mass is 435 g/mol. The minimum atomic E-state index is -0.349. The summed E-state index contributed by atoms with van der Waals surface area (Å²) in [5.41, 5.74) is 4.42. The highest BCUT2D eigenvalue weighted by molar-refractivity contribution is 7.80. The number of thiocarbonyl (C=S) groups is 1. The molecule has 0 saturated carbocycles. The maximum atomic E-state index is 9.91. The summed E-state index contributed by atoms with van der Waals surface area (Å²) in [5.74, 6) is 1.31. The van der Waals surface area contributed by atoms with Gasteiger partial charge < -0.3 is 20.1 Å². The van der Waals surface area contributed by atoms with Crippen molar-refractivity contribution in [3.05, 3.63) is 70.4 Å². The molecule has 1 atom stereocenters. The molecule has 31 heavy (non-hydrogen) atoms. The fourth-order valence-electron chi connectivity index (χ4n) is 3.46. The lowest BCUT2D eigenvalue weighted by Crippen LogP contribution is -2.46. The minimum absolute atomic E-state index is 0.241. The number of hydrogen-bond acceptors (Lipinski definition) is 4. The van der Waals surface area contributed by atoms with Gasteiger partial charge in [-0.2, -0.15) is 5.26 Å². The summed E-state index contributed by atoms with van der Waals surface area (Å²) in [7, 11) is 0. The first kappa shape index (κ1) is 22.6. The van der Waals surface area contributed by atoms with Gasteiger partial charge in [0.25, 0.3) is 0 Å². The van der Waals surface area contributed by atoms with E-state index >= 15 is 0 Å². The number of nitrogens with one attached hydrogen (secondary N) is 2. The predicted octanol–water partition coefficient (Wildman–Crippen LogP) is 5.32. The maximum absolute atomic E-state index is 9.91. The summed E-state index contributed by atoms with van der Waals surface area (Å²) >= 11 is 5.42. The molecule has 3 rings (SSSR count). The van der Waals surface area contributed by atoms with Crippen molar-refractivity contribution in [1.29, 1.82) is 5.26 Å². The smallest absolute Gasteiger partial charge is 0.171 e. The molecular weight excluding hydrogens is 406 g/mol. The van der Waals surface area contributed by atoms with E-state index < -0.39 is 0 Å². The van der Waals surface area contributed by atoms with E-state index in [1.54, 1.807) is 0 Å². The molecule has 0 spiro atoms. The number of benzene rings is 2. The molecular formula is C25H29N3O2S. The van der Waals surface area contributed by atoms with Gasteiger partial charge >= 0.3 is 0 Å². The largest absolute Gasteiger partial charge is 0.490 e. The lowest BCUT2D eigenvalue weighted by atomic mass is 9.84. The third-order valence-corrected chi connectivity index (χ3v) is 5.28. The van der Waals surface area contributed by atoms with Crippen LogP contribution in [0.1, 0.15) is 50.4 Å². The van der Waals surface area contributed by atoms with Crippen molar-refractivity contribution in [3.8, 4) is 17.6 Å². The number of aryl methyl sites for hydroxylation is 1. The van der Waals surface area contributed by atoms with Gasteiger partial charge in [-0.15, -0.1) is 0 Å². The number of hydrogen-bond donors (Lipinski definition) is 2. The Labute approximate surface area is 190 Å². The van der Waals surface area contributed by atoms with Gasteiger partial charge in [0.1, 0.15) is 6.61 Å². The lowest BCUT2D eigenvalue weighted by molar-refractivity contribution is 0.269. The fourth-order valence-corrected chi connectivity index (χ4v) is 3.68. The highest BCUT2D eigenvalue weighted by atomic mass is 32.1. The molecule has 0 bridgehead atoms. The van der Waals surface area contributed by atoms with Crippen LogP contribution in [-0.2, 0) is 6.61 Å². The van der Waals surface area contributed by atoms with E-state index in [9.17, 15) is 5.26 Å². The van der Waals surface area contributed by atoms with Gasteiger partial charge in [0.05, 0.1) is 24.3 Å². The summed E-state index contributed by atoms with van der Waals surface area (Å²) in [5, 5.41) is 16.8. The van der Waals surface area contributed by atoms with Crippen molar-refractivity contribution in [1.82, 2.24) is 10.6 Å². The normalized spacial score (nSPS) is 16.3. The first-order valence-corrected chi connectivity index (χ1v) is 10.8. The van der Waals surface area contributed by atoms with E-state index in [4.69, 9.17) is 21.7 Å². The number of allylic oxidation sites excluding steroid dienone is 1. The van der Waals surface area contributed by atoms with Gasteiger partial charge in [0.2, 0.25) is 0 Å². The average molecular weight is 436 g/mol. The Balaban J connectivity index is 1.93. The summed E-state index contributed by atoms with van der Waals surface area (Å²) < 4.78 is 11.9. The molecule has 162 valence electrons. The SMILES string of the molecule is CCOc1cc([C@H]2NC(=S)NC(C(C)(C)C)=C2C#N)ccc1OCc1ccc(C)cc1. The Kier molecular flexibility index (Phi) is 6.87. The van der Waals surface area contributed by atoms with Gasteiger partial charge in [0.15, 0.2) is 16.6 Å². The van der Waals surface area contributed by atoms with Crippen LogP contribution in [0.15, 0.2) is 53.7 Å². The second-order valence-corrected chi connectivity index (χ2v) is 9.00. The topological polar surface area (TPSA) is 66.3 Å². The van der Waals surface area contributed by atoms with E-state index in [1.165, 1.54) is 5.56 Å². The Bertz CT molecular complexity index is 1030. The van der Waals surface area contributed by atoms with Crippen LogP contribution < -0.4 is 20.1 Å². The van der Waals surface area contributed by atoms with Gasteiger partial charge in [-0.05, 0) is 49.3 Å². The standard InChI is InChI=1S/C25H29N3O2S/c1-6-29-21-13-18(11-12-20(21)30-15-17-9-7-16(2)8-10-17)22-19(14-26)23(25(3,4)5)28-24(31)27-22/h7-13,22H,6,15H2,1-5H3,(H2,27,28,31)/t22-/m1/s1. The Morgan fingerprint density at radius 2 is 1.77 bits per heavy atom. The number of nitriles is 1. The molecule has 1 heterocycles. The van der Waals surface area contributed by atoms with Crippen molar-refractivity contribution < 1.29 is 9.47 Å². The molecule has 2 N–H and O–H groups in total. The fraction of sp³-hybridized carbons (Fsp3) is 0.360. The summed E-state index contributed by atoms with van der Waals surface area (Å²) in [4.78, 5) is 0. The van der Waals surface area contributed by atoms with Crippen LogP contribution in [0.3, 0.4) is 0 Å². The van der Waals surface area contributed by atoms with Gasteiger partial charge in [0, 0.05) is 11.1 Å². The zero-order chi connectivity index (χ0) is 22.6. The summed E-state index contributed by atoms with van der Waals surface area (Å²) in [6, 6.07) is 16.1. The van der Waals surface area contributed by atoms with E-state index in [-0.39, 0.29) is 11.5 Å². The summed E-state index contributed by atoms with van der Waals surface area (Å²) in [6.07, 6.45) is 0. The van der Waals surface area contributed by atoms with E-state index in [0.29, 0.717) is 35.4 Å². The molecule has 0 unspecified atom stereocenters. The Hall–Kier alpha value is -3.04. The van der Waals surface area contributed by atoms with Crippen LogP contribution in [0.4, 0.5) is 0 Å². The molecule has 5 nitrogen and oxygen atoms in total. The minimum Gasteiger partial charge on any atom is -0.490 e. The van der Waals surface area contributed by atoms with Crippen molar-refractivity contribution in [2.75, 3.05) is 6.61 Å². The molecule has 0 aliphatic carbocycles. The first-order chi connectivity index (χ1) is 14.7. The number of ether oxygens (including phenoxy) is 2. The quantitative estimate of drug-likeness (QED) is 0.599. The van der Waals surface area contributed by atoms with Crippen LogP contribution in [0.5, 0.6) is 11.5 Å². The van der Waals surface area contributed by atoms with Crippen LogP contribution >= 0.6 is 12.2 Å². The predicted molar refractivity (Wildman–Crippen MR) is 127 cm³/mol. The molecule has 0 radical (unpaired) electrons. The molecule has 2 aromatic carbocycles. The molecule has 1 aliphatic rings. The zero-order valence-corrected chi connectivity index (χ0v) is 19.5. The Morgan fingerprint density at radius 3 is 2.39 bits per heavy atom. The van der Waals surface area contributed by atoms with Crippen molar-refractivity contribution in [2.45, 2.75) is 47.3 Å². The second-order valence-electron chi connectivity index (χ2n) is 8.60. The molecule has 0 saturated heterocycles. The average Bonchev–Trinajstić information content (AvgIpc) is 2.73. The molecule has 6 heteroatoms. The summed E-state index contributed by atoms with van der Waals surface area (Å²) in [6.45, 7) is 11.1. The number of rotatable bonds is 6. The van der Waals surface area contributed by atoms with Crippen LogP contribution in [0.25, 0.3) is 0 Å². The first-order valence-electron chi connectivity index (χ1n) is 10.4. The van der Waals surface area contributed by atoms with E-state index in [1.807, 2.05) is 25.1 Å². The number of nitrogens with zero attached hydrogens (tertiary/aromatic N) is 1. The highest BCUT2D eigenvalue weighted by Gasteiger charge is 2.32. The molecule has 0 amide bonds. The molecule has 1 aliphatic heterocycles. The van der Waals surface area contributed by atoms with Gasteiger partial charge in [-0.25, -0.2) is 0 Å². The Morgan fingerprint density at radius 1 is 1.06 bits per heavy atom. The lowest BCUT2D eigenvalue weighted by Gasteiger charge is -2.35. The van der Waals surface area contributed by atoms with Gasteiger partial charge in [-0.3, -0.25) is 0 Å². The molecule has 2 aromatic rings. The van der Waals surface area contributed by atoms with Crippen molar-refractivity contribution >= 4 is 17.3 Å². The third kappa shape index (κ3) is 5.36.